The third-order valence-corrected chi connectivity index (χ3v) is 2.98. The van der Waals surface area contributed by atoms with E-state index in [1.807, 2.05) is 13.8 Å². The zero-order valence-corrected chi connectivity index (χ0v) is 12.2. The molecular formula is C12H22BrNO3. The molecule has 100 valence electrons. The van der Waals surface area contributed by atoms with Gasteiger partial charge in [0.2, 0.25) is 5.91 Å². The van der Waals surface area contributed by atoms with E-state index >= 15 is 0 Å². The largest absolute Gasteiger partial charge is 0.379 e. The van der Waals surface area contributed by atoms with Crippen molar-refractivity contribution in [2.75, 3.05) is 26.4 Å². The van der Waals surface area contributed by atoms with E-state index in [-0.39, 0.29) is 12.0 Å². The Kier molecular flexibility index (Phi) is 6.44. The molecule has 1 fully saturated rings. The maximum atomic E-state index is 11.5. The van der Waals surface area contributed by atoms with Crippen LogP contribution < -0.4 is 5.32 Å². The molecule has 0 radical (unpaired) electrons. The van der Waals surface area contributed by atoms with Crippen LogP contribution in [0.1, 0.15) is 33.1 Å². The predicted molar refractivity (Wildman–Crippen MR) is 70.4 cm³/mol. The summed E-state index contributed by atoms with van der Waals surface area (Å²) in [4.78, 5) is 11.5. The number of alkyl halides is 1. The van der Waals surface area contributed by atoms with Crippen molar-refractivity contribution in [3.05, 3.63) is 0 Å². The van der Waals surface area contributed by atoms with Gasteiger partial charge in [-0.05, 0) is 33.1 Å². The van der Waals surface area contributed by atoms with Crippen LogP contribution in [0.4, 0.5) is 0 Å². The summed E-state index contributed by atoms with van der Waals surface area (Å²) in [6.07, 6.45) is 3.37. The zero-order valence-electron chi connectivity index (χ0n) is 10.6. The molecule has 0 aromatic heterocycles. The normalized spacial score (nSPS) is 20.5. The van der Waals surface area contributed by atoms with E-state index in [2.05, 4.69) is 21.2 Å². The van der Waals surface area contributed by atoms with E-state index in [0.717, 1.165) is 25.9 Å². The molecule has 5 heteroatoms. The van der Waals surface area contributed by atoms with Gasteiger partial charge in [-0.1, -0.05) is 15.9 Å². The lowest BCUT2D eigenvalue weighted by Crippen LogP contribution is -2.38. The highest BCUT2D eigenvalue weighted by Gasteiger charge is 2.22. The number of amides is 1. The lowest BCUT2D eigenvalue weighted by molar-refractivity contribution is -0.122. The van der Waals surface area contributed by atoms with Gasteiger partial charge in [0.1, 0.15) is 0 Å². The van der Waals surface area contributed by atoms with Gasteiger partial charge < -0.3 is 14.8 Å². The number of ether oxygens (including phenoxy) is 2. The van der Waals surface area contributed by atoms with Gasteiger partial charge >= 0.3 is 0 Å². The van der Waals surface area contributed by atoms with Crippen LogP contribution in [0.5, 0.6) is 0 Å². The topological polar surface area (TPSA) is 47.6 Å². The number of hydrogen-bond donors (Lipinski definition) is 1. The summed E-state index contributed by atoms with van der Waals surface area (Å²) in [5.41, 5.74) is 0. The molecule has 0 aromatic rings. The van der Waals surface area contributed by atoms with E-state index < -0.39 is 4.32 Å². The molecule has 1 atom stereocenters. The Morgan fingerprint density at radius 2 is 2.35 bits per heavy atom. The van der Waals surface area contributed by atoms with Crippen LogP contribution >= 0.6 is 15.9 Å². The number of carbonyl (C=O) groups excluding carboxylic acids is 1. The van der Waals surface area contributed by atoms with Gasteiger partial charge in [-0.2, -0.15) is 0 Å². The number of carbonyl (C=O) groups is 1. The van der Waals surface area contributed by atoms with Crippen LogP contribution in [-0.2, 0) is 14.3 Å². The molecule has 4 nitrogen and oxygen atoms in total. The van der Waals surface area contributed by atoms with E-state index in [0.29, 0.717) is 19.8 Å². The monoisotopic (exact) mass is 307 g/mol. The molecule has 0 aromatic carbocycles. The summed E-state index contributed by atoms with van der Waals surface area (Å²) in [7, 11) is 0. The average molecular weight is 308 g/mol. The Labute approximate surface area is 112 Å². The summed E-state index contributed by atoms with van der Waals surface area (Å²) >= 11 is 3.31. The molecular weight excluding hydrogens is 286 g/mol. The van der Waals surface area contributed by atoms with Gasteiger partial charge in [-0.15, -0.1) is 0 Å². The molecule has 17 heavy (non-hydrogen) atoms. The summed E-state index contributed by atoms with van der Waals surface area (Å²) in [6.45, 7) is 6.52. The first kappa shape index (κ1) is 14.9. The second-order valence-electron chi connectivity index (χ2n) is 4.79. The summed E-state index contributed by atoms with van der Waals surface area (Å²) < 4.78 is 10.4. The van der Waals surface area contributed by atoms with Crippen molar-refractivity contribution in [2.45, 2.75) is 43.5 Å². The molecule has 1 N–H and O–H groups in total. The Morgan fingerprint density at radius 3 is 2.94 bits per heavy atom. The van der Waals surface area contributed by atoms with Gasteiger partial charge in [-0.3, -0.25) is 4.79 Å². The van der Waals surface area contributed by atoms with Crippen molar-refractivity contribution in [1.29, 1.82) is 0 Å². The maximum Gasteiger partial charge on any atom is 0.236 e. The van der Waals surface area contributed by atoms with Crippen LogP contribution in [0.2, 0.25) is 0 Å². The lowest BCUT2D eigenvalue weighted by atomic mass is 10.2. The molecule has 1 amide bonds. The van der Waals surface area contributed by atoms with Crippen molar-refractivity contribution >= 4 is 21.8 Å². The summed E-state index contributed by atoms with van der Waals surface area (Å²) in [6, 6.07) is 0. The third-order valence-electron chi connectivity index (χ3n) is 2.62. The molecule has 0 saturated carbocycles. The van der Waals surface area contributed by atoms with E-state index in [1.54, 1.807) is 0 Å². The maximum absolute atomic E-state index is 11.5. The second-order valence-corrected chi connectivity index (χ2v) is 6.77. The first-order valence-corrected chi connectivity index (χ1v) is 6.96. The summed E-state index contributed by atoms with van der Waals surface area (Å²) in [5.74, 6) is 0.0108. The van der Waals surface area contributed by atoms with Crippen molar-refractivity contribution in [2.24, 2.45) is 0 Å². The van der Waals surface area contributed by atoms with Crippen LogP contribution in [0.25, 0.3) is 0 Å². The smallest absolute Gasteiger partial charge is 0.236 e. The standard InChI is InChI=1S/C12H22BrNO3/c1-12(2,13)11(15)14-6-4-7-16-9-10-5-3-8-17-10/h10H,3-9H2,1-2H3,(H,14,15). The molecule has 1 heterocycles. The van der Waals surface area contributed by atoms with E-state index in [4.69, 9.17) is 9.47 Å². The highest BCUT2D eigenvalue weighted by atomic mass is 79.9. The first-order chi connectivity index (χ1) is 8.00. The van der Waals surface area contributed by atoms with Crippen LogP contribution in [0.3, 0.4) is 0 Å². The molecule has 0 bridgehead atoms. The van der Waals surface area contributed by atoms with Crippen molar-refractivity contribution in [3.63, 3.8) is 0 Å². The molecule has 1 unspecified atom stereocenters. The molecule has 1 aliphatic heterocycles. The fourth-order valence-corrected chi connectivity index (χ4v) is 1.72. The number of nitrogens with one attached hydrogen (secondary N) is 1. The third kappa shape index (κ3) is 6.38. The number of hydrogen-bond acceptors (Lipinski definition) is 3. The van der Waals surface area contributed by atoms with Gasteiger partial charge in [0.05, 0.1) is 17.0 Å². The Morgan fingerprint density at radius 1 is 1.59 bits per heavy atom. The van der Waals surface area contributed by atoms with Crippen molar-refractivity contribution < 1.29 is 14.3 Å². The van der Waals surface area contributed by atoms with Crippen LogP contribution in [0.15, 0.2) is 0 Å². The minimum atomic E-state index is -0.494. The second kappa shape index (κ2) is 7.34. The highest BCUT2D eigenvalue weighted by Crippen LogP contribution is 2.15. The summed E-state index contributed by atoms with van der Waals surface area (Å²) in [5, 5.41) is 2.85. The Balaban J connectivity index is 1.92. The van der Waals surface area contributed by atoms with Gasteiger partial charge in [-0.25, -0.2) is 0 Å². The minimum Gasteiger partial charge on any atom is -0.379 e. The van der Waals surface area contributed by atoms with E-state index in [1.165, 1.54) is 0 Å². The van der Waals surface area contributed by atoms with Crippen LogP contribution in [0, 0.1) is 0 Å². The fourth-order valence-electron chi connectivity index (χ4n) is 1.58. The molecule has 1 rings (SSSR count). The van der Waals surface area contributed by atoms with E-state index in [9.17, 15) is 4.79 Å². The Bertz CT molecular complexity index is 234. The van der Waals surface area contributed by atoms with Crippen molar-refractivity contribution in [1.82, 2.24) is 5.32 Å². The average Bonchev–Trinajstić information content (AvgIpc) is 2.74. The SMILES string of the molecule is CC(C)(Br)C(=O)NCCCOCC1CCCO1. The molecule has 1 saturated heterocycles. The fraction of sp³-hybridized carbons (Fsp3) is 0.917. The quantitative estimate of drug-likeness (QED) is 0.577. The number of halogens is 1. The predicted octanol–water partition coefficient (Wildman–Crippen LogP) is 1.86. The molecule has 0 aliphatic carbocycles. The zero-order chi connectivity index (χ0) is 12.7. The van der Waals surface area contributed by atoms with Gasteiger partial charge in [0.25, 0.3) is 0 Å². The van der Waals surface area contributed by atoms with Gasteiger partial charge in [0, 0.05) is 19.8 Å². The first-order valence-electron chi connectivity index (χ1n) is 6.16. The van der Waals surface area contributed by atoms with Crippen molar-refractivity contribution in [3.8, 4) is 0 Å². The molecule has 1 aliphatic rings. The Hall–Kier alpha value is -0.130. The minimum absolute atomic E-state index is 0.0108. The lowest BCUT2D eigenvalue weighted by Gasteiger charge is -2.16. The number of rotatable bonds is 7. The van der Waals surface area contributed by atoms with Gasteiger partial charge in [0.15, 0.2) is 0 Å². The molecule has 0 spiro atoms. The highest BCUT2D eigenvalue weighted by molar-refractivity contribution is 9.10. The van der Waals surface area contributed by atoms with Crippen LogP contribution in [-0.4, -0.2) is 42.7 Å².